The largest absolute Gasteiger partial charge is 0.502 e. The number of hydrogen-bond acceptors (Lipinski definition) is 6. The van der Waals surface area contributed by atoms with Crippen LogP contribution in [0, 0.1) is 0 Å². The molecule has 2 aromatic rings. The van der Waals surface area contributed by atoms with Crippen molar-refractivity contribution < 1.29 is 19.4 Å². The Morgan fingerprint density at radius 2 is 1.80 bits per heavy atom. The second kappa shape index (κ2) is 7.76. The first-order valence-corrected chi connectivity index (χ1v) is 8.99. The molecule has 1 aliphatic rings. The molecule has 1 aliphatic heterocycles. The first-order chi connectivity index (χ1) is 12.1. The van der Waals surface area contributed by atoms with Gasteiger partial charge in [0.25, 0.3) is 5.91 Å². The van der Waals surface area contributed by atoms with E-state index in [0.717, 1.165) is 23.5 Å². The summed E-state index contributed by atoms with van der Waals surface area (Å²) in [5.74, 6) is 0.935. The molecule has 2 heterocycles. The molecule has 3 rings (SSSR count). The van der Waals surface area contributed by atoms with Gasteiger partial charge in [-0.05, 0) is 29.1 Å². The molecule has 0 unspecified atom stereocenters. The van der Waals surface area contributed by atoms with Gasteiger partial charge in [0.15, 0.2) is 11.5 Å². The molecule has 1 N–H and O–H groups in total. The van der Waals surface area contributed by atoms with Crippen molar-refractivity contribution in [2.45, 2.75) is 6.54 Å². The first kappa shape index (κ1) is 17.6. The summed E-state index contributed by atoms with van der Waals surface area (Å²) in [7, 11) is 3.04. The van der Waals surface area contributed by atoms with Crippen LogP contribution in [-0.2, 0) is 6.54 Å². The fourth-order valence-corrected chi connectivity index (χ4v) is 3.65. The third kappa shape index (κ3) is 3.88. The van der Waals surface area contributed by atoms with E-state index in [-0.39, 0.29) is 11.7 Å². The Morgan fingerprint density at radius 1 is 1.16 bits per heavy atom. The summed E-state index contributed by atoms with van der Waals surface area (Å²) in [5, 5.41) is 11.9. The van der Waals surface area contributed by atoms with Crippen LogP contribution < -0.4 is 9.47 Å². The zero-order valence-corrected chi connectivity index (χ0v) is 15.2. The average Bonchev–Trinajstić information content (AvgIpc) is 3.17. The highest BCUT2D eigenvalue weighted by atomic mass is 32.1. The molecule has 1 aromatic heterocycles. The molecule has 0 aliphatic carbocycles. The van der Waals surface area contributed by atoms with Gasteiger partial charge in [0.2, 0.25) is 5.75 Å². The molecule has 0 bridgehead atoms. The summed E-state index contributed by atoms with van der Waals surface area (Å²) >= 11 is 1.48. The van der Waals surface area contributed by atoms with E-state index in [1.165, 1.54) is 25.6 Å². The standard InChI is InChI=1S/C18H22N2O4S/c1-23-14-10-13(11-15(24-2)17(14)21)12-19-5-7-20(8-6-19)18(22)16-4-3-9-25-16/h3-4,9-11,21H,5-8,12H2,1-2H3. The van der Waals surface area contributed by atoms with E-state index in [9.17, 15) is 9.90 Å². The van der Waals surface area contributed by atoms with Gasteiger partial charge < -0.3 is 19.5 Å². The SMILES string of the molecule is COc1cc(CN2CCN(C(=O)c3cccs3)CC2)cc(OC)c1O. The highest BCUT2D eigenvalue weighted by Crippen LogP contribution is 2.37. The monoisotopic (exact) mass is 362 g/mol. The molecule has 0 radical (unpaired) electrons. The van der Waals surface area contributed by atoms with Gasteiger partial charge in [-0.15, -0.1) is 11.3 Å². The number of piperazine rings is 1. The van der Waals surface area contributed by atoms with Crippen molar-refractivity contribution in [1.82, 2.24) is 9.80 Å². The van der Waals surface area contributed by atoms with E-state index >= 15 is 0 Å². The van der Waals surface area contributed by atoms with E-state index in [0.29, 0.717) is 31.1 Å². The lowest BCUT2D eigenvalue weighted by Crippen LogP contribution is -2.48. The number of nitrogens with zero attached hydrogens (tertiary/aromatic N) is 2. The number of carbonyl (C=O) groups is 1. The quantitative estimate of drug-likeness (QED) is 0.885. The van der Waals surface area contributed by atoms with Crippen LogP contribution in [0.2, 0.25) is 0 Å². The van der Waals surface area contributed by atoms with Gasteiger partial charge in [-0.3, -0.25) is 9.69 Å². The molecule has 0 spiro atoms. The molecular weight excluding hydrogens is 340 g/mol. The van der Waals surface area contributed by atoms with Gasteiger partial charge in [-0.1, -0.05) is 6.07 Å². The van der Waals surface area contributed by atoms with Gasteiger partial charge in [-0.25, -0.2) is 0 Å². The van der Waals surface area contributed by atoms with Crippen LogP contribution in [0.4, 0.5) is 0 Å². The van der Waals surface area contributed by atoms with Gasteiger partial charge >= 0.3 is 0 Å². The Morgan fingerprint density at radius 3 is 2.32 bits per heavy atom. The third-order valence-electron chi connectivity index (χ3n) is 4.34. The maximum Gasteiger partial charge on any atom is 0.264 e. The minimum absolute atomic E-state index is 0.0140. The summed E-state index contributed by atoms with van der Waals surface area (Å²) in [5.41, 5.74) is 1.00. The Hall–Kier alpha value is -2.25. The number of carbonyl (C=O) groups excluding carboxylic acids is 1. The molecule has 1 amide bonds. The fraction of sp³-hybridized carbons (Fsp3) is 0.389. The highest BCUT2D eigenvalue weighted by Gasteiger charge is 2.23. The molecule has 134 valence electrons. The molecule has 0 saturated carbocycles. The minimum atomic E-state index is 0.0140. The van der Waals surface area contributed by atoms with Crippen LogP contribution in [0.3, 0.4) is 0 Å². The van der Waals surface area contributed by atoms with Gasteiger partial charge in [-0.2, -0.15) is 0 Å². The van der Waals surface area contributed by atoms with Crippen molar-refractivity contribution >= 4 is 17.2 Å². The first-order valence-electron chi connectivity index (χ1n) is 8.11. The molecule has 1 fully saturated rings. The Balaban J connectivity index is 1.62. The molecule has 1 saturated heterocycles. The number of thiophene rings is 1. The van der Waals surface area contributed by atoms with E-state index in [2.05, 4.69) is 4.90 Å². The van der Waals surface area contributed by atoms with Crippen molar-refractivity contribution in [3.63, 3.8) is 0 Å². The summed E-state index contributed by atoms with van der Waals surface area (Å²) in [6.07, 6.45) is 0. The highest BCUT2D eigenvalue weighted by molar-refractivity contribution is 7.12. The maximum absolute atomic E-state index is 12.4. The Labute approximate surface area is 151 Å². The zero-order chi connectivity index (χ0) is 17.8. The van der Waals surface area contributed by atoms with Crippen molar-refractivity contribution in [1.29, 1.82) is 0 Å². The number of aromatic hydroxyl groups is 1. The van der Waals surface area contributed by atoms with Gasteiger partial charge in [0.05, 0.1) is 19.1 Å². The molecule has 25 heavy (non-hydrogen) atoms. The van der Waals surface area contributed by atoms with Crippen molar-refractivity contribution in [2.75, 3.05) is 40.4 Å². The summed E-state index contributed by atoms with van der Waals surface area (Å²) < 4.78 is 10.4. The molecular formula is C18H22N2O4S. The summed E-state index contributed by atoms with van der Waals surface area (Å²) in [6, 6.07) is 7.41. The number of methoxy groups -OCH3 is 2. The average molecular weight is 362 g/mol. The lowest BCUT2D eigenvalue weighted by Gasteiger charge is -2.34. The number of rotatable bonds is 5. The minimum Gasteiger partial charge on any atom is -0.502 e. The predicted octanol–water partition coefficient (Wildman–Crippen LogP) is 2.43. The van der Waals surface area contributed by atoms with E-state index in [1.807, 2.05) is 34.5 Å². The number of benzene rings is 1. The summed E-state index contributed by atoms with van der Waals surface area (Å²) in [4.78, 5) is 17.4. The zero-order valence-electron chi connectivity index (χ0n) is 14.4. The van der Waals surface area contributed by atoms with Crippen LogP contribution >= 0.6 is 11.3 Å². The smallest absolute Gasteiger partial charge is 0.264 e. The topological polar surface area (TPSA) is 62.2 Å². The Bertz CT molecular complexity index is 700. The third-order valence-corrected chi connectivity index (χ3v) is 5.20. The van der Waals surface area contributed by atoms with Crippen LogP contribution in [0.25, 0.3) is 0 Å². The normalized spacial score (nSPS) is 15.2. The van der Waals surface area contributed by atoms with Crippen LogP contribution in [0.1, 0.15) is 15.2 Å². The molecule has 7 heteroatoms. The van der Waals surface area contributed by atoms with Gasteiger partial charge in [0, 0.05) is 32.7 Å². The number of hydrogen-bond donors (Lipinski definition) is 1. The number of phenols is 1. The van der Waals surface area contributed by atoms with Crippen molar-refractivity contribution in [3.05, 3.63) is 40.1 Å². The molecule has 6 nitrogen and oxygen atoms in total. The Kier molecular flexibility index (Phi) is 5.45. The van der Waals surface area contributed by atoms with Crippen molar-refractivity contribution in [2.24, 2.45) is 0 Å². The van der Waals surface area contributed by atoms with Gasteiger partial charge in [0.1, 0.15) is 0 Å². The van der Waals surface area contributed by atoms with Crippen LogP contribution in [-0.4, -0.2) is 61.2 Å². The lowest BCUT2D eigenvalue weighted by atomic mass is 10.1. The summed E-state index contributed by atoms with van der Waals surface area (Å²) in [6.45, 7) is 3.76. The van der Waals surface area contributed by atoms with E-state index in [1.54, 1.807) is 0 Å². The fourth-order valence-electron chi connectivity index (χ4n) is 2.96. The maximum atomic E-state index is 12.4. The number of amides is 1. The van der Waals surface area contributed by atoms with Crippen LogP contribution in [0.5, 0.6) is 17.2 Å². The second-order valence-corrected chi connectivity index (χ2v) is 6.84. The second-order valence-electron chi connectivity index (χ2n) is 5.89. The van der Waals surface area contributed by atoms with Crippen LogP contribution in [0.15, 0.2) is 29.6 Å². The number of ether oxygens (including phenoxy) is 2. The predicted molar refractivity (Wildman–Crippen MR) is 96.7 cm³/mol. The van der Waals surface area contributed by atoms with Crippen molar-refractivity contribution in [3.8, 4) is 17.2 Å². The lowest BCUT2D eigenvalue weighted by molar-refractivity contribution is 0.0633. The van der Waals surface area contributed by atoms with E-state index in [4.69, 9.17) is 9.47 Å². The molecule has 1 aromatic carbocycles. The molecule has 0 atom stereocenters. The van der Waals surface area contributed by atoms with E-state index < -0.39 is 0 Å². The number of phenolic OH excluding ortho intramolecular Hbond substituents is 1.